The molecule has 248 valence electrons. The third kappa shape index (κ3) is 3.02. The van der Waals surface area contributed by atoms with E-state index in [0.29, 0.717) is 0 Å². The van der Waals surface area contributed by atoms with Crippen molar-refractivity contribution < 1.29 is 14.0 Å². The highest BCUT2D eigenvalue weighted by Gasteiger charge is 2.70. The highest BCUT2D eigenvalue weighted by atomic mass is 16.5. The van der Waals surface area contributed by atoms with Crippen molar-refractivity contribution in [2.45, 2.75) is 19.5 Å². The highest BCUT2D eigenvalue weighted by Crippen LogP contribution is 2.56. The van der Waals surface area contributed by atoms with E-state index in [2.05, 4.69) is 183 Å². The first-order valence-corrected chi connectivity index (χ1v) is 18.2. The van der Waals surface area contributed by atoms with Crippen molar-refractivity contribution in [2.75, 3.05) is 0 Å². The van der Waals surface area contributed by atoms with Gasteiger partial charge in [0.25, 0.3) is 5.82 Å². The molecule has 0 N–H and O–H groups in total. The Labute approximate surface area is 303 Å². The number of hydrogen-bond acceptors (Lipinski definition) is 2. The van der Waals surface area contributed by atoms with Gasteiger partial charge >= 0.3 is 5.66 Å². The lowest BCUT2D eigenvalue weighted by molar-refractivity contribution is -0.995. The summed E-state index contributed by atoms with van der Waals surface area (Å²) in [5.41, 5.74) is 12.6. The molecule has 0 saturated carbocycles. The number of benzene rings is 5. The summed E-state index contributed by atoms with van der Waals surface area (Å²) in [5.74, 6) is 2.87. The van der Waals surface area contributed by atoms with Gasteiger partial charge in [-0.2, -0.15) is 9.13 Å². The van der Waals surface area contributed by atoms with Gasteiger partial charge in [-0.25, -0.2) is 4.98 Å². The van der Waals surface area contributed by atoms with E-state index in [4.69, 9.17) is 9.72 Å². The lowest BCUT2D eigenvalue weighted by Crippen LogP contribution is -2.77. The van der Waals surface area contributed by atoms with Crippen LogP contribution in [-0.4, -0.2) is 18.8 Å². The molecule has 1 atom stereocenters. The molecular formula is C46H30N6O+2. The molecule has 0 saturated heterocycles. The minimum absolute atomic E-state index is 0.754. The van der Waals surface area contributed by atoms with Gasteiger partial charge < -0.3 is 4.74 Å². The summed E-state index contributed by atoms with van der Waals surface area (Å²) < 4.78 is 19.0. The molecule has 53 heavy (non-hydrogen) atoms. The molecule has 3 aliphatic rings. The summed E-state index contributed by atoms with van der Waals surface area (Å²) in [6, 6.07) is 49.8. The predicted octanol–water partition coefficient (Wildman–Crippen LogP) is 8.96. The van der Waals surface area contributed by atoms with Crippen LogP contribution >= 0.6 is 0 Å². The van der Waals surface area contributed by atoms with Crippen molar-refractivity contribution in [3.8, 4) is 39.9 Å². The Hall–Kier alpha value is -6.99. The van der Waals surface area contributed by atoms with Crippen LogP contribution in [0.25, 0.3) is 72.2 Å². The number of pyridine rings is 2. The van der Waals surface area contributed by atoms with Gasteiger partial charge in [0.1, 0.15) is 33.9 Å². The van der Waals surface area contributed by atoms with Crippen LogP contribution in [0.3, 0.4) is 0 Å². The van der Waals surface area contributed by atoms with E-state index in [1.165, 1.54) is 27.2 Å². The van der Waals surface area contributed by atoms with Crippen molar-refractivity contribution in [2.24, 2.45) is 0 Å². The van der Waals surface area contributed by atoms with Crippen LogP contribution < -0.4 is 14.0 Å². The quantitative estimate of drug-likeness (QED) is 0.171. The fraction of sp³-hybridized carbons (Fsp3) is 0.0652. The first-order valence-electron chi connectivity index (χ1n) is 18.2. The third-order valence-corrected chi connectivity index (χ3v) is 12.0. The topological polar surface area (TPSA) is 44.7 Å². The second-order valence-electron chi connectivity index (χ2n) is 14.5. The largest absolute Gasteiger partial charge is 0.456 e. The second-order valence-corrected chi connectivity index (χ2v) is 14.5. The van der Waals surface area contributed by atoms with Gasteiger partial charge in [0.2, 0.25) is 5.69 Å². The van der Waals surface area contributed by atoms with Gasteiger partial charge in [-0.1, -0.05) is 65.3 Å². The average molecular weight is 683 g/mol. The van der Waals surface area contributed by atoms with Gasteiger partial charge in [0.05, 0.1) is 28.7 Å². The van der Waals surface area contributed by atoms with E-state index in [-0.39, 0.29) is 0 Å². The van der Waals surface area contributed by atoms with E-state index in [1.54, 1.807) is 0 Å². The Bertz CT molecular complexity index is 3290. The van der Waals surface area contributed by atoms with E-state index in [1.807, 2.05) is 0 Å². The monoisotopic (exact) mass is 682 g/mol. The SMILES string of the molecule is Cc1c(-c2ccc3c4ccccc4n(-c4ccccc4)c3n2)c(C)[n+]2n1-c1cccc3c1C21c2c(ccc4c5ccccc5n(c24)-c2cccc[n+]21)O3. The standard InChI is InChI=1S/C46H30N6O/c1-27-41(34-24-22-33-31-16-7-8-17-35(31)49(45(33)47-34)29-13-4-3-5-14-29)28(2)52-46-42-37(51(27)52)19-12-20-38(42)53-39-25-23-32-30-15-6-9-18-36(30)50(44(32)43(39)46)40-21-10-11-26-48(40)46/h3-26H,1-2H3/q+2. The molecule has 7 nitrogen and oxygen atoms in total. The Morgan fingerprint density at radius 2 is 1.32 bits per heavy atom. The zero-order valence-corrected chi connectivity index (χ0v) is 28.9. The Morgan fingerprint density at radius 1 is 0.604 bits per heavy atom. The molecule has 1 spiro atoms. The third-order valence-electron chi connectivity index (χ3n) is 12.0. The summed E-state index contributed by atoms with van der Waals surface area (Å²) in [5, 5.41) is 4.79. The number of hydrogen-bond donors (Lipinski definition) is 0. The lowest BCUT2D eigenvalue weighted by atomic mass is 9.84. The van der Waals surface area contributed by atoms with E-state index in [9.17, 15) is 0 Å². The Kier molecular flexibility index (Phi) is 4.84. The number of nitrogens with zero attached hydrogens (tertiary/aromatic N) is 6. The zero-order chi connectivity index (χ0) is 34.7. The van der Waals surface area contributed by atoms with E-state index in [0.717, 1.165) is 79.0 Å². The predicted molar refractivity (Wildman–Crippen MR) is 206 cm³/mol. The highest BCUT2D eigenvalue weighted by molar-refractivity contribution is 6.12. The van der Waals surface area contributed by atoms with Gasteiger partial charge in [0.15, 0.2) is 11.1 Å². The molecule has 7 heteroatoms. The second kappa shape index (κ2) is 9.26. The van der Waals surface area contributed by atoms with Crippen LogP contribution in [0.15, 0.2) is 146 Å². The van der Waals surface area contributed by atoms with Crippen molar-refractivity contribution in [1.29, 1.82) is 0 Å². The smallest absolute Gasteiger partial charge is 0.397 e. The summed E-state index contributed by atoms with van der Waals surface area (Å²) in [6.07, 6.45) is 2.24. The van der Waals surface area contributed by atoms with Gasteiger partial charge in [-0.15, -0.1) is 4.68 Å². The first-order chi connectivity index (χ1) is 26.2. The molecule has 0 amide bonds. The van der Waals surface area contributed by atoms with E-state index >= 15 is 0 Å². The first kappa shape index (κ1) is 27.7. The summed E-state index contributed by atoms with van der Waals surface area (Å²) >= 11 is 0. The molecule has 3 aliphatic heterocycles. The minimum Gasteiger partial charge on any atom is -0.456 e. The van der Waals surface area contributed by atoms with E-state index < -0.39 is 5.66 Å². The summed E-state index contributed by atoms with van der Waals surface area (Å²) in [4.78, 5) is 5.56. The zero-order valence-electron chi connectivity index (χ0n) is 28.9. The molecular weight excluding hydrogens is 653 g/mol. The number of aromatic nitrogens is 6. The molecule has 0 bridgehead atoms. The maximum atomic E-state index is 6.90. The molecule has 8 heterocycles. The molecule has 0 fully saturated rings. The van der Waals surface area contributed by atoms with Gasteiger partial charge in [-0.3, -0.25) is 4.57 Å². The lowest BCUT2D eigenvalue weighted by Gasteiger charge is -2.33. The fourth-order valence-corrected chi connectivity index (χ4v) is 10.2. The molecule has 10 aromatic rings. The number of fused-ring (bicyclic) bond motifs is 10. The maximum Gasteiger partial charge on any atom is 0.397 e. The number of ether oxygens (including phenoxy) is 1. The van der Waals surface area contributed by atoms with Gasteiger partial charge in [-0.05, 0) is 79.7 Å². The molecule has 5 aromatic carbocycles. The van der Waals surface area contributed by atoms with Crippen molar-refractivity contribution in [3.63, 3.8) is 0 Å². The number of para-hydroxylation sites is 3. The van der Waals surface area contributed by atoms with Crippen LogP contribution in [0, 0.1) is 13.8 Å². The van der Waals surface area contributed by atoms with Crippen LogP contribution in [-0.2, 0) is 5.66 Å². The molecule has 0 radical (unpaired) electrons. The average Bonchev–Trinajstić information content (AvgIpc) is 3.90. The summed E-state index contributed by atoms with van der Waals surface area (Å²) in [7, 11) is 0. The minimum atomic E-state index is -0.754. The van der Waals surface area contributed by atoms with Crippen LogP contribution in [0.1, 0.15) is 22.5 Å². The summed E-state index contributed by atoms with van der Waals surface area (Å²) in [6.45, 7) is 4.50. The van der Waals surface area contributed by atoms with Gasteiger partial charge in [0, 0.05) is 40.2 Å². The molecule has 1 unspecified atom stereocenters. The number of rotatable bonds is 2. The Balaban J connectivity index is 1.18. The molecule has 0 aliphatic carbocycles. The molecule has 5 aromatic heterocycles. The van der Waals surface area contributed by atoms with Crippen LogP contribution in [0.4, 0.5) is 0 Å². The normalized spacial score (nSPS) is 16.0. The maximum absolute atomic E-state index is 6.90. The van der Waals surface area contributed by atoms with Crippen molar-refractivity contribution in [3.05, 3.63) is 168 Å². The van der Waals surface area contributed by atoms with Crippen LogP contribution in [0.2, 0.25) is 0 Å². The van der Waals surface area contributed by atoms with Crippen molar-refractivity contribution in [1.82, 2.24) is 18.8 Å². The molecule has 13 rings (SSSR count). The van der Waals surface area contributed by atoms with Crippen molar-refractivity contribution >= 4 is 43.7 Å². The Morgan fingerprint density at radius 3 is 2.17 bits per heavy atom. The van der Waals surface area contributed by atoms with Crippen LogP contribution in [0.5, 0.6) is 11.5 Å². The fourth-order valence-electron chi connectivity index (χ4n) is 10.2.